The first-order chi connectivity index (χ1) is 10.8. The molecule has 2 aromatic heterocycles. The van der Waals surface area contributed by atoms with Crippen molar-refractivity contribution in [2.24, 2.45) is 0 Å². The van der Waals surface area contributed by atoms with E-state index in [9.17, 15) is 4.39 Å². The van der Waals surface area contributed by atoms with E-state index >= 15 is 0 Å². The Balaban J connectivity index is 1.56. The van der Waals surface area contributed by atoms with E-state index in [-0.39, 0.29) is 5.82 Å². The van der Waals surface area contributed by atoms with Gasteiger partial charge in [-0.05, 0) is 47.9 Å². The van der Waals surface area contributed by atoms with Gasteiger partial charge in [0.15, 0.2) is 0 Å². The topological polar surface area (TPSA) is 31.9 Å². The molecule has 0 saturated heterocycles. The fraction of sp³-hybridized carbons (Fsp3) is 0.167. The van der Waals surface area contributed by atoms with Gasteiger partial charge >= 0.3 is 0 Å². The van der Waals surface area contributed by atoms with Crippen molar-refractivity contribution in [3.05, 3.63) is 66.1 Å². The van der Waals surface area contributed by atoms with Crippen LogP contribution in [0.4, 0.5) is 10.2 Å². The van der Waals surface area contributed by atoms with Crippen LogP contribution in [-0.4, -0.2) is 23.1 Å². The Morgan fingerprint density at radius 2 is 1.91 bits per heavy atom. The lowest BCUT2D eigenvalue weighted by Gasteiger charge is -2.27. The fourth-order valence-corrected chi connectivity index (χ4v) is 2.90. The molecule has 1 aliphatic rings. The van der Waals surface area contributed by atoms with Crippen molar-refractivity contribution in [3.63, 3.8) is 0 Å². The van der Waals surface area contributed by atoms with E-state index < -0.39 is 0 Å². The summed E-state index contributed by atoms with van der Waals surface area (Å²) >= 11 is 0. The third-order valence-electron chi connectivity index (χ3n) is 4.14. The Labute approximate surface area is 128 Å². The molecule has 0 spiro atoms. The molecule has 0 unspecified atom stereocenters. The van der Waals surface area contributed by atoms with Crippen LogP contribution in [0.25, 0.3) is 16.6 Å². The number of nitrogens with one attached hydrogen (secondary N) is 1. The molecule has 1 N–H and O–H groups in total. The summed E-state index contributed by atoms with van der Waals surface area (Å²) in [6.07, 6.45) is 5.05. The molecule has 3 aromatic rings. The number of fused-ring (bicyclic) bond motifs is 1. The summed E-state index contributed by atoms with van der Waals surface area (Å²) in [5.74, 6) is 0.801. The summed E-state index contributed by atoms with van der Waals surface area (Å²) in [7, 11) is 0. The van der Waals surface area contributed by atoms with Crippen LogP contribution in [0.5, 0.6) is 0 Å². The first-order valence-electron chi connectivity index (χ1n) is 7.44. The highest BCUT2D eigenvalue weighted by Gasteiger charge is 2.15. The van der Waals surface area contributed by atoms with E-state index in [1.807, 2.05) is 24.4 Å². The van der Waals surface area contributed by atoms with Crippen LogP contribution in [-0.2, 0) is 0 Å². The lowest BCUT2D eigenvalue weighted by molar-refractivity contribution is 0.627. The standard InChI is InChI=1S/C18H16FN3/c19-16-4-1-13(2-5-16)14-8-11-22(12-9-14)17-6-3-15-7-10-20-18(15)21-17/h1-8,10H,9,11-12H2,(H,20,21). The molecule has 0 bridgehead atoms. The second-order valence-corrected chi connectivity index (χ2v) is 5.52. The number of rotatable bonds is 2. The summed E-state index contributed by atoms with van der Waals surface area (Å²) in [6.45, 7) is 1.74. The van der Waals surface area contributed by atoms with E-state index in [1.54, 1.807) is 0 Å². The van der Waals surface area contributed by atoms with Gasteiger partial charge in [0.2, 0.25) is 0 Å². The number of H-pyrrole nitrogens is 1. The lowest BCUT2D eigenvalue weighted by atomic mass is 9.99. The van der Waals surface area contributed by atoms with Gasteiger partial charge in [0, 0.05) is 24.7 Å². The summed E-state index contributed by atoms with van der Waals surface area (Å²) in [4.78, 5) is 10.1. The summed E-state index contributed by atoms with van der Waals surface area (Å²) < 4.78 is 13.0. The Hall–Kier alpha value is -2.62. The number of hydrogen-bond donors (Lipinski definition) is 1. The minimum absolute atomic E-state index is 0.190. The van der Waals surface area contributed by atoms with Crippen LogP contribution in [0.1, 0.15) is 12.0 Å². The van der Waals surface area contributed by atoms with Crippen LogP contribution in [0, 0.1) is 5.82 Å². The van der Waals surface area contributed by atoms with E-state index in [0.29, 0.717) is 0 Å². The molecule has 110 valence electrons. The van der Waals surface area contributed by atoms with Gasteiger partial charge in [0.05, 0.1) is 0 Å². The summed E-state index contributed by atoms with van der Waals surface area (Å²) in [5.41, 5.74) is 3.30. The second kappa shape index (κ2) is 5.30. The van der Waals surface area contributed by atoms with Gasteiger partial charge in [0.1, 0.15) is 17.3 Å². The van der Waals surface area contributed by atoms with Crippen molar-refractivity contribution >= 4 is 22.4 Å². The number of aromatic nitrogens is 2. The van der Waals surface area contributed by atoms with Crippen molar-refractivity contribution in [1.29, 1.82) is 0 Å². The number of anilines is 1. The number of aromatic amines is 1. The van der Waals surface area contributed by atoms with Gasteiger partial charge in [-0.15, -0.1) is 0 Å². The first-order valence-corrected chi connectivity index (χ1v) is 7.44. The maximum Gasteiger partial charge on any atom is 0.139 e. The predicted octanol–water partition coefficient (Wildman–Crippen LogP) is 4.00. The van der Waals surface area contributed by atoms with E-state index in [2.05, 4.69) is 33.1 Å². The SMILES string of the molecule is Fc1ccc(C2=CCN(c3ccc4cc[nH]c4n3)CC2)cc1. The van der Waals surface area contributed by atoms with Crippen LogP contribution in [0.15, 0.2) is 54.7 Å². The first kappa shape index (κ1) is 13.1. The Bertz CT molecular complexity index is 833. The average molecular weight is 293 g/mol. The zero-order valence-electron chi connectivity index (χ0n) is 12.1. The Morgan fingerprint density at radius 1 is 1.05 bits per heavy atom. The van der Waals surface area contributed by atoms with Gasteiger partial charge in [0.25, 0.3) is 0 Å². The molecule has 0 radical (unpaired) electrons. The normalized spacial score (nSPS) is 15.1. The van der Waals surface area contributed by atoms with Gasteiger partial charge < -0.3 is 9.88 Å². The van der Waals surface area contributed by atoms with E-state index in [4.69, 9.17) is 0 Å². The molecule has 0 aliphatic carbocycles. The molecular weight excluding hydrogens is 277 g/mol. The van der Waals surface area contributed by atoms with Crippen molar-refractivity contribution in [2.45, 2.75) is 6.42 Å². The summed E-state index contributed by atoms with van der Waals surface area (Å²) in [6, 6.07) is 12.9. The average Bonchev–Trinajstić information content (AvgIpc) is 3.03. The van der Waals surface area contributed by atoms with Crippen LogP contribution >= 0.6 is 0 Å². The zero-order valence-corrected chi connectivity index (χ0v) is 12.1. The van der Waals surface area contributed by atoms with Crippen molar-refractivity contribution in [3.8, 4) is 0 Å². The highest BCUT2D eigenvalue weighted by Crippen LogP contribution is 2.25. The minimum atomic E-state index is -0.190. The molecule has 3 heterocycles. The largest absolute Gasteiger partial charge is 0.352 e. The fourth-order valence-electron chi connectivity index (χ4n) is 2.90. The predicted molar refractivity (Wildman–Crippen MR) is 87.3 cm³/mol. The van der Waals surface area contributed by atoms with Crippen LogP contribution in [0.3, 0.4) is 0 Å². The number of pyridine rings is 1. The quantitative estimate of drug-likeness (QED) is 0.774. The smallest absolute Gasteiger partial charge is 0.139 e. The monoisotopic (exact) mass is 293 g/mol. The molecule has 1 aliphatic heterocycles. The minimum Gasteiger partial charge on any atom is -0.352 e. The van der Waals surface area contributed by atoms with Crippen molar-refractivity contribution < 1.29 is 4.39 Å². The van der Waals surface area contributed by atoms with Gasteiger partial charge in [-0.3, -0.25) is 0 Å². The van der Waals surface area contributed by atoms with Gasteiger partial charge in [-0.1, -0.05) is 18.2 Å². The second-order valence-electron chi connectivity index (χ2n) is 5.52. The zero-order chi connectivity index (χ0) is 14.9. The van der Waals surface area contributed by atoms with Crippen molar-refractivity contribution in [2.75, 3.05) is 18.0 Å². The molecule has 0 saturated carbocycles. The molecule has 22 heavy (non-hydrogen) atoms. The van der Waals surface area contributed by atoms with Gasteiger partial charge in [-0.25, -0.2) is 9.37 Å². The maximum absolute atomic E-state index is 13.0. The van der Waals surface area contributed by atoms with Gasteiger partial charge in [-0.2, -0.15) is 0 Å². The number of benzene rings is 1. The molecule has 0 amide bonds. The summed E-state index contributed by atoms with van der Waals surface area (Å²) in [5, 5.41) is 1.13. The lowest BCUT2D eigenvalue weighted by Crippen LogP contribution is -2.28. The third kappa shape index (κ3) is 2.37. The number of halogens is 1. The molecule has 0 fully saturated rings. The molecule has 3 nitrogen and oxygen atoms in total. The highest BCUT2D eigenvalue weighted by molar-refractivity contribution is 5.77. The third-order valence-corrected chi connectivity index (χ3v) is 4.14. The molecule has 4 rings (SSSR count). The molecule has 0 atom stereocenters. The van der Waals surface area contributed by atoms with E-state index in [1.165, 1.54) is 17.7 Å². The maximum atomic E-state index is 13.0. The molecule has 4 heteroatoms. The number of hydrogen-bond acceptors (Lipinski definition) is 2. The Kier molecular flexibility index (Phi) is 3.15. The Morgan fingerprint density at radius 3 is 2.68 bits per heavy atom. The highest BCUT2D eigenvalue weighted by atomic mass is 19.1. The molecular formula is C18H16FN3. The molecule has 1 aromatic carbocycles. The van der Waals surface area contributed by atoms with Crippen LogP contribution in [0.2, 0.25) is 0 Å². The number of nitrogens with zero attached hydrogens (tertiary/aromatic N) is 2. The van der Waals surface area contributed by atoms with Crippen molar-refractivity contribution in [1.82, 2.24) is 9.97 Å². The van der Waals surface area contributed by atoms with E-state index in [0.717, 1.165) is 41.9 Å². The van der Waals surface area contributed by atoms with Crippen LogP contribution < -0.4 is 4.90 Å².